The van der Waals surface area contributed by atoms with Crippen molar-refractivity contribution >= 4 is 17.4 Å². The van der Waals surface area contributed by atoms with Gasteiger partial charge in [0.25, 0.3) is 0 Å². The van der Waals surface area contributed by atoms with Gasteiger partial charge >= 0.3 is 6.18 Å². The predicted molar refractivity (Wildman–Crippen MR) is 78.3 cm³/mol. The van der Waals surface area contributed by atoms with Crippen LogP contribution in [0.3, 0.4) is 0 Å². The molecule has 0 amide bonds. The highest BCUT2D eigenvalue weighted by Crippen LogP contribution is 2.38. The van der Waals surface area contributed by atoms with E-state index in [-0.39, 0.29) is 6.04 Å². The zero-order valence-electron chi connectivity index (χ0n) is 11.4. The third-order valence-electron chi connectivity index (χ3n) is 3.28. The van der Waals surface area contributed by atoms with Crippen molar-refractivity contribution in [3.63, 3.8) is 0 Å². The number of hydrogen-bond donors (Lipinski definition) is 1. The van der Waals surface area contributed by atoms with E-state index in [1.165, 1.54) is 6.07 Å². The van der Waals surface area contributed by atoms with Crippen LogP contribution >= 0.6 is 11.8 Å². The molecule has 0 aliphatic carbocycles. The molecule has 0 aromatic heterocycles. The first-order valence-corrected chi connectivity index (χ1v) is 7.82. The Bertz CT molecular complexity index is 454. The molecule has 0 radical (unpaired) electrons. The largest absolute Gasteiger partial charge is 0.418 e. The van der Waals surface area contributed by atoms with Crippen LogP contribution in [-0.4, -0.2) is 30.6 Å². The molecule has 1 aliphatic heterocycles. The zero-order valence-corrected chi connectivity index (χ0v) is 12.2. The second-order valence-electron chi connectivity index (χ2n) is 5.13. The van der Waals surface area contributed by atoms with Crippen molar-refractivity contribution < 1.29 is 13.2 Å². The van der Waals surface area contributed by atoms with Crippen molar-refractivity contribution in [3.8, 4) is 0 Å². The summed E-state index contributed by atoms with van der Waals surface area (Å²) < 4.78 is 39.8. The number of hydrogen-bond acceptors (Lipinski definition) is 3. The van der Waals surface area contributed by atoms with E-state index in [1.807, 2.05) is 4.90 Å². The van der Waals surface area contributed by atoms with Crippen LogP contribution in [-0.2, 0) is 12.6 Å². The zero-order chi connectivity index (χ0) is 14.8. The van der Waals surface area contributed by atoms with Gasteiger partial charge < -0.3 is 10.6 Å². The Balaban J connectivity index is 2.34. The summed E-state index contributed by atoms with van der Waals surface area (Å²) in [7, 11) is 0. The molecule has 2 N–H and O–H groups in total. The van der Waals surface area contributed by atoms with Crippen molar-refractivity contribution in [1.82, 2.24) is 0 Å². The molecule has 20 heavy (non-hydrogen) atoms. The van der Waals surface area contributed by atoms with Crippen LogP contribution in [0.25, 0.3) is 0 Å². The average molecular weight is 304 g/mol. The topological polar surface area (TPSA) is 29.3 Å². The molecular weight excluding hydrogens is 285 g/mol. The van der Waals surface area contributed by atoms with Crippen LogP contribution in [0.15, 0.2) is 18.2 Å². The summed E-state index contributed by atoms with van der Waals surface area (Å²) in [5.41, 5.74) is 6.07. The smallest absolute Gasteiger partial charge is 0.369 e. The minimum Gasteiger partial charge on any atom is -0.369 e. The molecule has 1 fully saturated rings. The highest BCUT2D eigenvalue weighted by atomic mass is 32.2. The van der Waals surface area contributed by atoms with Gasteiger partial charge in [0.05, 0.1) is 5.56 Å². The Morgan fingerprint density at radius 3 is 2.50 bits per heavy atom. The van der Waals surface area contributed by atoms with Crippen molar-refractivity contribution in [2.45, 2.75) is 25.6 Å². The first-order valence-electron chi connectivity index (χ1n) is 6.66. The molecule has 1 atom stereocenters. The highest BCUT2D eigenvalue weighted by Gasteiger charge is 2.35. The van der Waals surface area contributed by atoms with Crippen LogP contribution < -0.4 is 10.6 Å². The van der Waals surface area contributed by atoms with Gasteiger partial charge in [0.2, 0.25) is 0 Å². The minimum absolute atomic E-state index is 0.145. The number of nitrogens with two attached hydrogens (primary N) is 1. The Hall–Kier alpha value is -0.880. The molecule has 1 saturated heterocycles. The van der Waals surface area contributed by atoms with E-state index in [9.17, 15) is 13.2 Å². The lowest BCUT2D eigenvalue weighted by molar-refractivity contribution is -0.137. The number of thioether (sulfide) groups is 1. The lowest BCUT2D eigenvalue weighted by Crippen LogP contribution is -2.34. The number of rotatable bonds is 3. The molecular formula is C14H19F3N2S. The Kier molecular flexibility index (Phi) is 4.86. The number of benzene rings is 1. The van der Waals surface area contributed by atoms with E-state index >= 15 is 0 Å². The summed E-state index contributed by atoms with van der Waals surface area (Å²) in [6.45, 7) is 3.13. The fraction of sp³-hybridized carbons (Fsp3) is 0.571. The summed E-state index contributed by atoms with van der Waals surface area (Å²) in [5.74, 6) is 1.75. The molecule has 0 bridgehead atoms. The Labute approximate surface area is 121 Å². The fourth-order valence-electron chi connectivity index (χ4n) is 2.39. The second-order valence-corrected chi connectivity index (χ2v) is 6.35. The standard InChI is InChI=1S/C14H19F3N2S/c1-10(18)8-11-2-3-13(12(9-11)14(15,16)17)19-4-6-20-7-5-19/h2-3,9-10H,4-8,18H2,1H3. The molecule has 1 aliphatic rings. The molecule has 1 unspecified atom stereocenters. The van der Waals surface area contributed by atoms with E-state index < -0.39 is 11.7 Å². The molecule has 2 nitrogen and oxygen atoms in total. The van der Waals surface area contributed by atoms with Gasteiger partial charge in [-0.3, -0.25) is 0 Å². The first-order chi connectivity index (χ1) is 9.38. The third-order valence-corrected chi connectivity index (χ3v) is 4.22. The summed E-state index contributed by atoms with van der Waals surface area (Å²) in [5, 5.41) is 0. The second kappa shape index (κ2) is 6.26. The summed E-state index contributed by atoms with van der Waals surface area (Å²) in [6, 6.07) is 4.46. The minimum atomic E-state index is -4.33. The van der Waals surface area contributed by atoms with E-state index in [2.05, 4.69) is 0 Å². The number of halogens is 3. The van der Waals surface area contributed by atoms with Crippen LogP contribution in [0.2, 0.25) is 0 Å². The summed E-state index contributed by atoms with van der Waals surface area (Å²) >= 11 is 1.78. The number of nitrogens with zero attached hydrogens (tertiary/aromatic N) is 1. The number of anilines is 1. The van der Waals surface area contributed by atoms with Gasteiger partial charge in [-0.1, -0.05) is 6.07 Å². The summed E-state index contributed by atoms with van der Waals surface area (Å²) in [4.78, 5) is 1.83. The van der Waals surface area contributed by atoms with Crippen molar-refractivity contribution in [2.24, 2.45) is 5.73 Å². The highest BCUT2D eigenvalue weighted by molar-refractivity contribution is 7.99. The molecule has 6 heteroatoms. The average Bonchev–Trinajstić information content (AvgIpc) is 2.38. The predicted octanol–water partition coefficient (Wildman–Crippen LogP) is 3.15. The van der Waals surface area contributed by atoms with E-state index in [0.29, 0.717) is 30.8 Å². The van der Waals surface area contributed by atoms with Crippen LogP contribution in [0.5, 0.6) is 0 Å². The quantitative estimate of drug-likeness (QED) is 0.930. The lowest BCUT2D eigenvalue weighted by atomic mass is 10.0. The van der Waals surface area contributed by atoms with Gasteiger partial charge in [-0.05, 0) is 31.0 Å². The lowest BCUT2D eigenvalue weighted by Gasteiger charge is -2.31. The maximum absolute atomic E-state index is 13.3. The van der Waals surface area contributed by atoms with Gasteiger partial charge in [0.15, 0.2) is 0 Å². The van der Waals surface area contributed by atoms with E-state index in [1.54, 1.807) is 30.8 Å². The Morgan fingerprint density at radius 2 is 1.95 bits per heavy atom. The van der Waals surface area contributed by atoms with Crippen molar-refractivity contribution in [1.29, 1.82) is 0 Å². The molecule has 2 rings (SSSR count). The van der Waals surface area contributed by atoms with Crippen LogP contribution in [0.1, 0.15) is 18.1 Å². The summed E-state index contributed by atoms with van der Waals surface area (Å²) in [6.07, 6.45) is -3.87. The maximum atomic E-state index is 13.3. The van der Waals surface area contributed by atoms with E-state index in [4.69, 9.17) is 5.73 Å². The van der Waals surface area contributed by atoms with Crippen molar-refractivity contribution in [3.05, 3.63) is 29.3 Å². The molecule has 0 spiro atoms. The van der Waals surface area contributed by atoms with Gasteiger partial charge in [-0.2, -0.15) is 24.9 Å². The molecule has 1 aromatic carbocycles. The Morgan fingerprint density at radius 1 is 1.30 bits per heavy atom. The fourth-order valence-corrected chi connectivity index (χ4v) is 3.29. The van der Waals surface area contributed by atoms with Crippen LogP contribution in [0.4, 0.5) is 18.9 Å². The monoisotopic (exact) mass is 304 g/mol. The SMILES string of the molecule is CC(N)Cc1ccc(N2CCSCC2)c(C(F)(F)F)c1. The number of alkyl halides is 3. The van der Waals surface area contributed by atoms with Gasteiger partial charge in [-0.15, -0.1) is 0 Å². The normalized spacial score (nSPS) is 18.1. The molecule has 1 heterocycles. The molecule has 1 aromatic rings. The van der Waals surface area contributed by atoms with Crippen LogP contribution in [0, 0.1) is 0 Å². The molecule has 0 saturated carbocycles. The third kappa shape index (κ3) is 3.82. The molecule has 112 valence electrons. The van der Waals surface area contributed by atoms with Gasteiger partial charge in [0.1, 0.15) is 0 Å². The van der Waals surface area contributed by atoms with Gasteiger partial charge in [0, 0.05) is 36.3 Å². The van der Waals surface area contributed by atoms with Crippen molar-refractivity contribution in [2.75, 3.05) is 29.5 Å². The first kappa shape index (κ1) is 15.5. The van der Waals surface area contributed by atoms with E-state index in [0.717, 1.165) is 11.5 Å². The van der Waals surface area contributed by atoms with Gasteiger partial charge in [-0.25, -0.2) is 0 Å². The maximum Gasteiger partial charge on any atom is 0.418 e.